The summed E-state index contributed by atoms with van der Waals surface area (Å²) in [4.78, 5) is 2.24. The molecule has 1 aromatic heterocycles. The van der Waals surface area contributed by atoms with Gasteiger partial charge in [-0.25, -0.2) is 13.1 Å². The molecule has 0 saturated heterocycles. The lowest BCUT2D eigenvalue weighted by Gasteiger charge is -2.30. The van der Waals surface area contributed by atoms with E-state index in [4.69, 9.17) is 11.6 Å². The quantitative estimate of drug-likeness (QED) is 0.839. The molecule has 110 valence electrons. The zero-order chi connectivity index (χ0) is 14.6. The third-order valence-electron chi connectivity index (χ3n) is 2.80. The lowest BCUT2D eigenvalue weighted by molar-refractivity contribution is 0.179. The van der Waals surface area contributed by atoms with E-state index in [2.05, 4.69) is 37.3 Å². The molecule has 0 amide bonds. The zero-order valence-corrected chi connectivity index (χ0v) is 14.1. The first-order valence-electron chi connectivity index (χ1n) is 6.25. The maximum Gasteiger partial charge on any atom is 0.250 e. The third-order valence-corrected chi connectivity index (χ3v) is 5.99. The Morgan fingerprint density at radius 3 is 2.26 bits per heavy atom. The van der Waals surface area contributed by atoms with Gasteiger partial charge in [0, 0.05) is 25.2 Å². The summed E-state index contributed by atoms with van der Waals surface area (Å²) in [6, 6.07) is 3.90. The molecule has 1 aromatic rings. The number of thiophene rings is 1. The van der Waals surface area contributed by atoms with E-state index in [1.807, 2.05) is 0 Å². The molecule has 0 aliphatic rings. The fourth-order valence-corrected chi connectivity index (χ4v) is 4.48. The molecule has 0 unspecified atom stereocenters. The first-order chi connectivity index (χ1) is 8.74. The smallest absolute Gasteiger partial charge is 0.250 e. The normalized spacial score (nSPS) is 12.8. The topological polar surface area (TPSA) is 49.4 Å². The van der Waals surface area contributed by atoms with Gasteiger partial charge in [0.25, 0.3) is 0 Å². The molecule has 19 heavy (non-hydrogen) atoms. The van der Waals surface area contributed by atoms with Crippen molar-refractivity contribution < 1.29 is 8.42 Å². The van der Waals surface area contributed by atoms with Crippen LogP contribution in [0.5, 0.6) is 0 Å². The Morgan fingerprint density at radius 2 is 1.84 bits per heavy atom. The summed E-state index contributed by atoms with van der Waals surface area (Å²) in [5.74, 6) is 0. The molecule has 0 aliphatic heterocycles. The Labute approximate surface area is 124 Å². The highest BCUT2D eigenvalue weighted by atomic mass is 35.5. The number of nitrogens with zero attached hydrogens (tertiary/aromatic N) is 1. The lowest BCUT2D eigenvalue weighted by Crippen LogP contribution is -2.42. The minimum Gasteiger partial charge on any atom is -0.297 e. The second-order valence-corrected chi connectivity index (χ2v) is 8.59. The second-order valence-electron chi connectivity index (χ2n) is 4.88. The highest BCUT2D eigenvalue weighted by molar-refractivity contribution is 7.91. The standard InChI is InChI=1S/C12H21ClN2O2S2/c1-9(2)15(10(3)4)8-7-14-19(16,17)12-6-5-11(13)18-12/h5-6,9-10,14H,7-8H2,1-4H3. The molecule has 7 heteroatoms. The van der Waals surface area contributed by atoms with Crippen molar-refractivity contribution in [3.63, 3.8) is 0 Å². The lowest BCUT2D eigenvalue weighted by atomic mass is 10.2. The van der Waals surface area contributed by atoms with Crippen LogP contribution in [-0.4, -0.2) is 38.5 Å². The molecular weight excluding hydrogens is 304 g/mol. The predicted molar refractivity (Wildman–Crippen MR) is 81.5 cm³/mol. The summed E-state index contributed by atoms with van der Waals surface area (Å²) >= 11 is 6.82. The highest BCUT2D eigenvalue weighted by Crippen LogP contribution is 2.25. The van der Waals surface area contributed by atoms with Crippen molar-refractivity contribution in [3.8, 4) is 0 Å². The first-order valence-corrected chi connectivity index (χ1v) is 8.92. The molecule has 0 fully saturated rings. The molecule has 0 aromatic carbocycles. The van der Waals surface area contributed by atoms with Gasteiger partial charge in [-0.1, -0.05) is 11.6 Å². The molecule has 1 heterocycles. The van der Waals surface area contributed by atoms with Gasteiger partial charge in [0.05, 0.1) is 4.34 Å². The van der Waals surface area contributed by atoms with Crippen molar-refractivity contribution in [2.45, 2.75) is 44.0 Å². The van der Waals surface area contributed by atoms with Crippen LogP contribution in [0.4, 0.5) is 0 Å². The van der Waals surface area contributed by atoms with Gasteiger partial charge in [-0.3, -0.25) is 4.90 Å². The Balaban J connectivity index is 2.57. The molecular formula is C12H21ClN2O2S2. The second kappa shape index (κ2) is 7.04. The van der Waals surface area contributed by atoms with Gasteiger partial charge >= 0.3 is 0 Å². The largest absolute Gasteiger partial charge is 0.297 e. The average molecular weight is 325 g/mol. The van der Waals surface area contributed by atoms with Crippen LogP contribution >= 0.6 is 22.9 Å². The minimum atomic E-state index is -3.43. The zero-order valence-electron chi connectivity index (χ0n) is 11.7. The number of hydrogen-bond acceptors (Lipinski definition) is 4. The molecule has 0 spiro atoms. The molecule has 0 bridgehead atoms. The van der Waals surface area contributed by atoms with Gasteiger partial charge in [0.15, 0.2) is 0 Å². The SMILES string of the molecule is CC(C)N(CCNS(=O)(=O)c1ccc(Cl)s1)C(C)C. The fraction of sp³-hybridized carbons (Fsp3) is 0.667. The Hall–Kier alpha value is -0.140. The summed E-state index contributed by atoms with van der Waals surface area (Å²) < 4.78 is 27.3. The van der Waals surface area contributed by atoms with Crippen molar-refractivity contribution in [2.24, 2.45) is 0 Å². The van der Waals surface area contributed by atoms with Gasteiger partial charge in [0.1, 0.15) is 4.21 Å². The summed E-state index contributed by atoms with van der Waals surface area (Å²) in [6.45, 7) is 9.50. The van der Waals surface area contributed by atoms with E-state index in [-0.39, 0.29) is 4.21 Å². The molecule has 0 radical (unpaired) electrons. The Kier molecular flexibility index (Phi) is 6.26. The molecule has 0 aliphatic carbocycles. The van der Waals surface area contributed by atoms with Crippen molar-refractivity contribution in [1.82, 2.24) is 9.62 Å². The van der Waals surface area contributed by atoms with Crippen LogP contribution in [0.3, 0.4) is 0 Å². The van der Waals surface area contributed by atoms with Crippen LogP contribution in [0.25, 0.3) is 0 Å². The summed E-state index contributed by atoms with van der Waals surface area (Å²) in [5, 5.41) is 0. The van der Waals surface area contributed by atoms with E-state index < -0.39 is 10.0 Å². The van der Waals surface area contributed by atoms with Crippen LogP contribution in [-0.2, 0) is 10.0 Å². The highest BCUT2D eigenvalue weighted by Gasteiger charge is 2.18. The molecule has 0 atom stereocenters. The van der Waals surface area contributed by atoms with E-state index in [1.54, 1.807) is 6.07 Å². The van der Waals surface area contributed by atoms with Gasteiger partial charge in [-0.2, -0.15) is 0 Å². The maximum absolute atomic E-state index is 12.0. The summed E-state index contributed by atoms with van der Waals surface area (Å²) in [5.41, 5.74) is 0. The van der Waals surface area contributed by atoms with Crippen LogP contribution in [0.15, 0.2) is 16.3 Å². The van der Waals surface area contributed by atoms with Crippen molar-refractivity contribution in [2.75, 3.05) is 13.1 Å². The van der Waals surface area contributed by atoms with E-state index >= 15 is 0 Å². The van der Waals surface area contributed by atoms with Crippen LogP contribution in [0, 0.1) is 0 Å². The van der Waals surface area contributed by atoms with E-state index in [9.17, 15) is 8.42 Å². The predicted octanol–water partition coefficient (Wildman–Crippen LogP) is 2.80. The average Bonchev–Trinajstić information content (AvgIpc) is 2.71. The van der Waals surface area contributed by atoms with Gasteiger partial charge in [0.2, 0.25) is 10.0 Å². The van der Waals surface area contributed by atoms with Crippen LogP contribution < -0.4 is 4.72 Å². The van der Waals surface area contributed by atoms with Crippen molar-refractivity contribution >= 4 is 33.0 Å². The molecule has 4 nitrogen and oxygen atoms in total. The van der Waals surface area contributed by atoms with Crippen molar-refractivity contribution in [3.05, 3.63) is 16.5 Å². The monoisotopic (exact) mass is 324 g/mol. The fourth-order valence-electron chi connectivity index (χ4n) is 1.94. The Bertz CT molecular complexity index is 490. The Morgan fingerprint density at radius 1 is 1.26 bits per heavy atom. The minimum absolute atomic E-state index is 0.262. The van der Waals surface area contributed by atoms with Crippen molar-refractivity contribution in [1.29, 1.82) is 0 Å². The molecule has 0 saturated carbocycles. The van der Waals surface area contributed by atoms with Crippen LogP contribution in [0.1, 0.15) is 27.7 Å². The number of hydrogen-bond donors (Lipinski definition) is 1. The van der Waals surface area contributed by atoms with Gasteiger partial charge < -0.3 is 0 Å². The number of nitrogens with one attached hydrogen (secondary N) is 1. The third kappa shape index (κ3) is 5.04. The number of halogens is 1. The summed E-state index contributed by atoms with van der Waals surface area (Å²) in [7, 11) is -3.43. The van der Waals surface area contributed by atoms with Gasteiger partial charge in [-0.05, 0) is 39.8 Å². The summed E-state index contributed by atoms with van der Waals surface area (Å²) in [6.07, 6.45) is 0. The maximum atomic E-state index is 12.0. The van der Waals surface area contributed by atoms with E-state index in [1.165, 1.54) is 6.07 Å². The van der Waals surface area contributed by atoms with E-state index in [0.717, 1.165) is 11.3 Å². The first kappa shape index (κ1) is 16.9. The van der Waals surface area contributed by atoms with E-state index in [0.29, 0.717) is 29.5 Å². The molecule has 1 N–H and O–H groups in total. The number of rotatable bonds is 7. The van der Waals surface area contributed by atoms with Gasteiger partial charge in [-0.15, -0.1) is 11.3 Å². The number of sulfonamides is 1. The van der Waals surface area contributed by atoms with Crippen LogP contribution in [0.2, 0.25) is 4.34 Å². The molecule has 1 rings (SSSR count).